The lowest BCUT2D eigenvalue weighted by Gasteiger charge is -2.25. The van der Waals surface area contributed by atoms with Crippen LogP contribution in [0.3, 0.4) is 0 Å². The first-order valence-electron chi connectivity index (χ1n) is 4.90. The number of halogens is 3. The van der Waals surface area contributed by atoms with Gasteiger partial charge in [0.1, 0.15) is 5.82 Å². The Morgan fingerprint density at radius 3 is 2.75 bits per heavy atom. The molecule has 2 N–H and O–H groups in total. The van der Waals surface area contributed by atoms with Gasteiger partial charge < -0.3 is 10.5 Å². The van der Waals surface area contributed by atoms with E-state index in [1.807, 2.05) is 6.92 Å². The van der Waals surface area contributed by atoms with Gasteiger partial charge in [-0.25, -0.2) is 4.39 Å². The monoisotopic (exact) mass is 309 g/mol. The van der Waals surface area contributed by atoms with Gasteiger partial charge in [0.2, 0.25) is 0 Å². The van der Waals surface area contributed by atoms with Gasteiger partial charge in [0.25, 0.3) is 0 Å². The van der Waals surface area contributed by atoms with Crippen molar-refractivity contribution < 1.29 is 9.13 Å². The van der Waals surface area contributed by atoms with E-state index in [9.17, 15) is 4.39 Å². The second-order valence-corrected chi connectivity index (χ2v) is 5.01. The molecule has 0 radical (unpaired) electrons. The molecule has 0 spiro atoms. The van der Waals surface area contributed by atoms with E-state index < -0.39 is 11.4 Å². The molecule has 0 saturated carbocycles. The third kappa shape index (κ3) is 2.94. The number of hydrogen-bond donors (Lipinski definition) is 1. The van der Waals surface area contributed by atoms with Gasteiger partial charge in [-0.15, -0.1) is 0 Å². The van der Waals surface area contributed by atoms with Crippen molar-refractivity contribution in [3.8, 4) is 0 Å². The summed E-state index contributed by atoms with van der Waals surface area (Å²) in [4.78, 5) is 0. The van der Waals surface area contributed by atoms with E-state index in [0.717, 1.165) is 0 Å². The van der Waals surface area contributed by atoms with Crippen LogP contribution in [-0.4, -0.2) is 13.2 Å². The number of nitrogens with two attached hydrogens (primary N) is 1. The molecule has 0 saturated heterocycles. The first kappa shape index (κ1) is 13.9. The molecule has 1 aromatic carbocycles. The van der Waals surface area contributed by atoms with Crippen LogP contribution >= 0.6 is 27.5 Å². The first-order chi connectivity index (χ1) is 7.40. The normalized spacial score (nSPS) is 14.9. The molecule has 1 aromatic rings. The first-order valence-corrected chi connectivity index (χ1v) is 6.08. The summed E-state index contributed by atoms with van der Waals surface area (Å²) in [6.07, 6.45) is 0. The zero-order valence-corrected chi connectivity index (χ0v) is 11.5. The Balaban J connectivity index is 3.08. The van der Waals surface area contributed by atoms with Gasteiger partial charge >= 0.3 is 0 Å². The minimum atomic E-state index is -0.884. The van der Waals surface area contributed by atoms with Gasteiger partial charge in [-0.3, -0.25) is 0 Å². The Morgan fingerprint density at radius 1 is 1.56 bits per heavy atom. The molecule has 2 nitrogen and oxygen atoms in total. The maximum absolute atomic E-state index is 13.9. The molecular formula is C11H14BrClFNO. The van der Waals surface area contributed by atoms with Crippen LogP contribution < -0.4 is 5.73 Å². The molecule has 1 atom stereocenters. The fourth-order valence-electron chi connectivity index (χ4n) is 1.36. The van der Waals surface area contributed by atoms with Crippen molar-refractivity contribution in [2.45, 2.75) is 19.4 Å². The Morgan fingerprint density at radius 2 is 2.19 bits per heavy atom. The van der Waals surface area contributed by atoms with Gasteiger partial charge in [0.05, 0.1) is 17.2 Å². The lowest BCUT2D eigenvalue weighted by atomic mass is 9.93. The molecule has 0 aliphatic heterocycles. The molecule has 0 bridgehead atoms. The summed E-state index contributed by atoms with van der Waals surface area (Å²) in [7, 11) is 0. The van der Waals surface area contributed by atoms with Crippen LogP contribution in [0.2, 0.25) is 5.02 Å². The van der Waals surface area contributed by atoms with Crippen LogP contribution in [0.5, 0.6) is 0 Å². The van der Waals surface area contributed by atoms with Gasteiger partial charge in [-0.1, -0.05) is 17.7 Å². The molecule has 5 heteroatoms. The second kappa shape index (κ2) is 5.45. The summed E-state index contributed by atoms with van der Waals surface area (Å²) in [6, 6.07) is 3.29. The largest absolute Gasteiger partial charge is 0.379 e. The molecular weight excluding hydrogens is 296 g/mol. The molecule has 0 aliphatic carbocycles. The van der Waals surface area contributed by atoms with E-state index in [2.05, 4.69) is 15.9 Å². The molecule has 0 fully saturated rings. The molecule has 0 heterocycles. The molecule has 0 aromatic heterocycles. The third-order valence-electron chi connectivity index (χ3n) is 2.26. The van der Waals surface area contributed by atoms with Crippen molar-refractivity contribution in [2.75, 3.05) is 13.2 Å². The smallest absolute Gasteiger partial charge is 0.148 e. The highest BCUT2D eigenvalue weighted by Crippen LogP contribution is 2.31. The highest BCUT2D eigenvalue weighted by atomic mass is 79.9. The Hall–Kier alpha value is -0.160. The maximum atomic E-state index is 13.9. The molecule has 90 valence electrons. The standard InChI is InChI=1S/C11H14BrClFNO/c1-3-16-6-11(2,15)7-4-5-8(12)9(13)10(7)14/h4-5H,3,6,15H2,1-2H3. The number of rotatable bonds is 4. The summed E-state index contributed by atoms with van der Waals surface area (Å²) in [5.74, 6) is -0.499. The molecule has 1 unspecified atom stereocenters. The van der Waals surface area contributed by atoms with Crippen molar-refractivity contribution in [1.82, 2.24) is 0 Å². The van der Waals surface area contributed by atoms with E-state index >= 15 is 0 Å². The zero-order valence-electron chi connectivity index (χ0n) is 9.19. The van der Waals surface area contributed by atoms with Crippen LogP contribution in [0, 0.1) is 5.82 Å². The Kier molecular flexibility index (Phi) is 4.73. The van der Waals surface area contributed by atoms with E-state index in [1.54, 1.807) is 19.1 Å². The summed E-state index contributed by atoms with van der Waals surface area (Å²) < 4.78 is 19.6. The van der Waals surface area contributed by atoms with Gasteiger partial charge in [-0.05, 0) is 35.8 Å². The molecule has 0 aliphatic rings. The average molecular weight is 311 g/mol. The molecule has 1 rings (SSSR count). The number of ether oxygens (including phenoxy) is 1. The van der Waals surface area contributed by atoms with Gasteiger partial charge in [0, 0.05) is 16.6 Å². The van der Waals surface area contributed by atoms with Crippen molar-refractivity contribution in [3.63, 3.8) is 0 Å². The van der Waals surface area contributed by atoms with Crippen molar-refractivity contribution in [3.05, 3.63) is 33.0 Å². The van der Waals surface area contributed by atoms with Crippen molar-refractivity contribution in [2.24, 2.45) is 5.73 Å². The summed E-state index contributed by atoms with van der Waals surface area (Å²) >= 11 is 8.96. The summed E-state index contributed by atoms with van der Waals surface area (Å²) in [5, 5.41) is 0.0469. The minimum Gasteiger partial charge on any atom is -0.379 e. The summed E-state index contributed by atoms with van der Waals surface area (Å²) in [6.45, 7) is 4.36. The molecule has 16 heavy (non-hydrogen) atoms. The van der Waals surface area contributed by atoms with Gasteiger partial charge in [0.15, 0.2) is 0 Å². The van der Waals surface area contributed by atoms with Crippen molar-refractivity contribution in [1.29, 1.82) is 0 Å². The van der Waals surface area contributed by atoms with Crippen LogP contribution in [-0.2, 0) is 10.3 Å². The summed E-state index contributed by atoms with van der Waals surface area (Å²) in [5.41, 5.74) is 5.48. The van der Waals surface area contributed by atoms with E-state index in [0.29, 0.717) is 16.6 Å². The topological polar surface area (TPSA) is 35.2 Å². The quantitative estimate of drug-likeness (QED) is 0.865. The molecule has 0 amide bonds. The fraction of sp³-hybridized carbons (Fsp3) is 0.455. The highest BCUT2D eigenvalue weighted by Gasteiger charge is 2.26. The van der Waals surface area contributed by atoms with Crippen LogP contribution in [0.15, 0.2) is 16.6 Å². The Bertz CT molecular complexity index is 384. The van der Waals surface area contributed by atoms with E-state index in [-0.39, 0.29) is 11.6 Å². The second-order valence-electron chi connectivity index (χ2n) is 3.78. The van der Waals surface area contributed by atoms with Crippen molar-refractivity contribution >= 4 is 27.5 Å². The lowest BCUT2D eigenvalue weighted by Crippen LogP contribution is -2.39. The average Bonchev–Trinajstić information content (AvgIpc) is 2.23. The van der Waals surface area contributed by atoms with Crippen LogP contribution in [0.4, 0.5) is 4.39 Å². The van der Waals surface area contributed by atoms with Crippen LogP contribution in [0.25, 0.3) is 0 Å². The maximum Gasteiger partial charge on any atom is 0.148 e. The predicted molar refractivity (Wildman–Crippen MR) is 67.1 cm³/mol. The number of benzene rings is 1. The Labute approximate surface area is 108 Å². The highest BCUT2D eigenvalue weighted by molar-refractivity contribution is 9.10. The third-order valence-corrected chi connectivity index (χ3v) is 3.52. The van der Waals surface area contributed by atoms with E-state index in [1.165, 1.54) is 0 Å². The SMILES string of the molecule is CCOCC(C)(N)c1ccc(Br)c(Cl)c1F. The zero-order chi connectivity index (χ0) is 12.3. The van der Waals surface area contributed by atoms with Gasteiger partial charge in [-0.2, -0.15) is 0 Å². The lowest BCUT2D eigenvalue weighted by molar-refractivity contribution is 0.0993. The number of hydrogen-bond acceptors (Lipinski definition) is 2. The predicted octanol–water partition coefficient (Wildman–Crippen LogP) is 3.45. The van der Waals surface area contributed by atoms with Crippen LogP contribution in [0.1, 0.15) is 19.4 Å². The minimum absolute atomic E-state index is 0.0469. The van der Waals surface area contributed by atoms with E-state index in [4.69, 9.17) is 22.1 Å². The fourth-order valence-corrected chi connectivity index (χ4v) is 1.83.